The zero-order chi connectivity index (χ0) is 26.2. The highest BCUT2D eigenvalue weighted by Gasteiger charge is 2.30. The van der Waals surface area contributed by atoms with E-state index in [1.54, 1.807) is 24.4 Å². The molecule has 5 aromatic rings. The van der Waals surface area contributed by atoms with Crippen LogP contribution >= 0.6 is 11.3 Å². The van der Waals surface area contributed by atoms with Crippen molar-refractivity contribution in [3.05, 3.63) is 64.8 Å². The van der Waals surface area contributed by atoms with Crippen LogP contribution < -0.4 is 5.32 Å². The van der Waals surface area contributed by atoms with E-state index in [-0.39, 0.29) is 27.9 Å². The summed E-state index contributed by atoms with van der Waals surface area (Å²) in [5.41, 5.74) is 1.29. The predicted octanol–water partition coefficient (Wildman–Crippen LogP) is 4.52. The van der Waals surface area contributed by atoms with Crippen molar-refractivity contribution in [1.82, 2.24) is 44.8 Å². The standard InChI is InChI=1S/C24H20F3N9OS/c25-16-7-2-1-6-15(16)20-33-17-11-29-24(36-30-8-9-31-36)34-21(17)35(20)14-5-3-4-13(10-14)32-22(37)23-28-12-18(38-23)19(26)27/h1-2,6-9,11-14,19H,3-5,10H2,(H,32,37)/t13-,14+/m0/s1. The van der Waals surface area contributed by atoms with Gasteiger partial charge in [0, 0.05) is 18.3 Å². The lowest BCUT2D eigenvalue weighted by Gasteiger charge is -2.31. The molecule has 1 amide bonds. The van der Waals surface area contributed by atoms with E-state index in [1.165, 1.54) is 23.3 Å². The van der Waals surface area contributed by atoms with E-state index in [0.717, 1.165) is 19.0 Å². The SMILES string of the molecule is O=C(N[C@H]1CCC[C@@H](n2c(-c3ccccc3F)nc3cnc(-n4nccn4)nc32)C1)c1ncc(C(F)F)s1. The van der Waals surface area contributed by atoms with E-state index in [9.17, 15) is 18.0 Å². The van der Waals surface area contributed by atoms with Gasteiger partial charge in [-0.1, -0.05) is 12.1 Å². The smallest absolute Gasteiger partial charge is 0.280 e. The summed E-state index contributed by atoms with van der Waals surface area (Å²) in [5.74, 6) is -0.281. The van der Waals surface area contributed by atoms with E-state index in [0.29, 0.717) is 46.7 Å². The number of halogens is 3. The molecule has 2 atom stereocenters. The number of carbonyl (C=O) groups excluding carboxylic acids is 1. The van der Waals surface area contributed by atoms with Crippen LogP contribution in [0.25, 0.3) is 28.5 Å². The van der Waals surface area contributed by atoms with Crippen LogP contribution in [0.4, 0.5) is 13.2 Å². The highest BCUT2D eigenvalue weighted by Crippen LogP contribution is 2.36. The fourth-order valence-corrected chi connectivity index (χ4v) is 5.42. The van der Waals surface area contributed by atoms with Gasteiger partial charge in [0.1, 0.15) is 17.2 Å². The number of alkyl halides is 2. The van der Waals surface area contributed by atoms with Gasteiger partial charge in [-0.2, -0.15) is 15.2 Å². The molecular formula is C24H20F3N9OS. The van der Waals surface area contributed by atoms with Gasteiger partial charge in [-0.3, -0.25) is 4.79 Å². The molecule has 0 bridgehead atoms. The van der Waals surface area contributed by atoms with Crippen molar-refractivity contribution in [2.45, 2.75) is 44.2 Å². The number of nitrogens with one attached hydrogen (secondary N) is 1. The van der Waals surface area contributed by atoms with Crippen LogP contribution in [0.5, 0.6) is 0 Å². The molecule has 4 aromatic heterocycles. The third kappa shape index (κ3) is 4.51. The summed E-state index contributed by atoms with van der Waals surface area (Å²) < 4.78 is 42.7. The minimum atomic E-state index is -2.68. The number of hydrogen-bond donors (Lipinski definition) is 1. The van der Waals surface area contributed by atoms with Crippen molar-refractivity contribution in [1.29, 1.82) is 0 Å². The van der Waals surface area contributed by atoms with Crippen LogP contribution in [0.3, 0.4) is 0 Å². The Hall–Kier alpha value is -4.20. The van der Waals surface area contributed by atoms with Crippen LogP contribution in [0, 0.1) is 5.82 Å². The summed E-state index contributed by atoms with van der Waals surface area (Å²) in [6, 6.07) is 5.93. The first-order valence-corrected chi connectivity index (χ1v) is 12.7. The lowest BCUT2D eigenvalue weighted by molar-refractivity contribution is 0.0920. The van der Waals surface area contributed by atoms with Crippen LogP contribution in [0.15, 0.2) is 49.1 Å². The number of imidazole rings is 1. The summed E-state index contributed by atoms with van der Waals surface area (Å²) >= 11 is 0.679. The molecule has 194 valence electrons. The number of fused-ring (bicyclic) bond motifs is 1. The molecule has 4 heterocycles. The number of thiazole rings is 1. The first kappa shape index (κ1) is 24.2. The van der Waals surface area contributed by atoms with Crippen molar-refractivity contribution >= 4 is 28.4 Å². The van der Waals surface area contributed by atoms with Crippen molar-refractivity contribution in [3.63, 3.8) is 0 Å². The molecule has 1 aliphatic rings. The molecule has 0 radical (unpaired) electrons. The Morgan fingerprint density at radius 3 is 2.66 bits per heavy atom. The molecule has 0 spiro atoms. The Balaban J connectivity index is 1.36. The number of aromatic nitrogens is 8. The molecule has 1 N–H and O–H groups in total. The van der Waals surface area contributed by atoms with Crippen molar-refractivity contribution < 1.29 is 18.0 Å². The van der Waals surface area contributed by atoms with Gasteiger partial charge in [-0.15, -0.1) is 16.1 Å². The Morgan fingerprint density at radius 1 is 1.08 bits per heavy atom. The van der Waals surface area contributed by atoms with E-state index < -0.39 is 18.1 Å². The Bertz CT molecular complexity index is 1600. The van der Waals surface area contributed by atoms with Gasteiger partial charge in [0.05, 0.1) is 29.0 Å². The molecular weight excluding hydrogens is 519 g/mol. The third-order valence-corrected chi connectivity index (χ3v) is 7.42. The molecule has 1 saturated carbocycles. The van der Waals surface area contributed by atoms with Crippen molar-refractivity contribution in [2.75, 3.05) is 0 Å². The average molecular weight is 540 g/mol. The second-order valence-electron chi connectivity index (χ2n) is 8.84. The van der Waals surface area contributed by atoms with E-state index in [4.69, 9.17) is 0 Å². The number of rotatable bonds is 6. The highest BCUT2D eigenvalue weighted by atomic mass is 32.1. The number of carbonyl (C=O) groups is 1. The first-order valence-electron chi connectivity index (χ1n) is 11.9. The van der Waals surface area contributed by atoms with Gasteiger partial charge in [0.25, 0.3) is 18.3 Å². The minimum Gasteiger partial charge on any atom is -0.347 e. The number of benzene rings is 1. The Morgan fingerprint density at radius 2 is 1.89 bits per heavy atom. The van der Waals surface area contributed by atoms with Gasteiger partial charge in [0.15, 0.2) is 10.7 Å². The molecule has 0 aliphatic heterocycles. The minimum absolute atomic E-state index is 0.00773. The van der Waals surface area contributed by atoms with Crippen molar-refractivity contribution in [3.8, 4) is 17.3 Å². The molecule has 6 rings (SSSR count). The normalized spacial score (nSPS) is 17.8. The molecule has 10 nitrogen and oxygen atoms in total. The third-order valence-electron chi connectivity index (χ3n) is 6.41. The van der Waals surface area contributed by atoms with Gasteiger partial charge >= 0.3 is 0 Å². The molecule has 1 aromatic carbocycles. The number of amides is 1. The van der Waals surface area contributed by atoms with E-state index >= 15 is 0 Å². The van der Waals surface area contributed by atoms with E-state index in [2.05, 4.69) is 35.5 Å². The fourth-order valence-electron chi connectivity index (χ4n) is 4.74. The predicted molar refractivity (Wildman–Crippen MR) is 131 cm³/mol. The summed E-state index contributed by atoms with van der Waals surface area (Å²) in [6.45, 7) is 0. The van der Waals surface area contributed by atoms with Gasteiger partial charge < -0.3 is 9.88 Å². The van der Waals surface area contributed by atoms with Crippen LogP contribution in [-0.2, 0) is 0 Å². The number of hydrogen-bond acceptors (Lipinski definition) is 8. The Kier molecular flexibility index (Phi) is 6.31. The summed E-state index contributed by atoms with van der Waals surface area (Å²) in [5, 5.41) is 11.1. The zero-order valence-corrected chi connectivity index (χ0v) is 20.5. The first-order chi connectivity index (χ1) is 18.5. The maximum Gasteiger partial charge on any atom is 0.280 e. The Labute approximate surface area is 217 Å². The number of nitrogens with zero attached hydrogens (tertiary/aromatic N) is 8. The molecule has 1 aliphatic carbocycles. The zero-order valence-electron chi connectivity index (χ0n) is 19.7. The maximum atomic E-state index is 14.9. The van der Waals surface area contributed by atoms with Crippen LogP contribution in [0.1, 0.15) is 52.8 Å². The van der Waals surface area contributed by atoms with Crippen LogP contribution in [0.2, 0.25) is 0 Å². The second kappa shape index (κ2) is 9.93. The quantitative estimate of drug-likeness (QED) is 0.337. The van der Waals surface area contributed by atoms with E-state index in [1.807, 2.05) is 4.57 Å². The molecule has 14 heteroatoms. The van der Waals surface area contributed by atoms with Crippen LogP contribution in [-0.4, -0.2) is 51.4 Å². The maximum absolute atomic E-state index is 14.9. The second-order valence-corrected chi connectivity index (χ2v) is 9.90. The van der Waals surface area contributed by atoms with Crippen molar-refractivity contribution in [2.24, 2.45) is 0 Å². The molecule has 1 fully saturated rings. The largest absolute Gasteiger partial charge is 0.347 e. The molecule has 0 saturated heterocycles. The molecule has 0 unspecified atom stereocenters. The lowest BCUT2D eigenvalue weighted by atomic mass is 9.90. The molecule has 38 heavy (non-hydrogen) atoms. The van der Waals surface area contributed by atoms with Gasteiger partial charge in [0.2, 0.25) is 0 Å². The summed E-state index contributed by atoms with van der Waals surface area (Å²) in [6.07, 6.45) is 5.64. The summed E-state index contributed by atoms with van der Waals surface area (Å²) in [7, 11) is 0. The van der Waals surface area contributed by atoms with Gasteiger partial charge in [-0.25, -0.2) is 28.1 Å². The highest BCUT2D eigenvalue weighted by molar-refractivity contribution is 7.13. The lowest BCUT2D eigenvalue weighted by Crippen LogP contribution is -2.39. The summed E-state index contributed by atoms with van der Waals surface area (Å²) in [4.78, 5) is 31.3. The topological polar surface area (TPSA) is 116 Å². The fraction of sp³-hybridized carbons (Fsp3) is 0.292. The monoisotopic (exact) mass is 539 g/mol. The average Bonchev–Trinajstić information content (AvgIpc) is 3.69. The van der Waals surface area contributed by atoms with Gasteiger partial charge in [-0.05, 0) is 37.8 Å².